The lowest BCUT2D eigenvalue weighted by molar-refractivity contribution is -0.155. The van der Waals surface area contributed by atoms with Gasteiger partial charge in [-0.05, 0) is 86.9 Å². The van der Waals surface area contributed by atoms with E-state index in [0.29, 0.717) is 23.5 Å². The third kappa shape index (κ3) is 5.70. The maximum absolute atomic E-state index is 12.4. The van der Waals surface area contributed by atoms with Crippen LogP contribution >= 0.6 is 0 Å². The molecule has 2 saturated carbocycles. The Hall–Kier alpha value is -1.39. The van der Waals surface area contributed by atoms with Crippen molar-refractivity contribution in [2.24, 2.45) is 22.7 Å². The lowest BCUT2D eigenvalue weighted by atomic mass is 9.40. The fourth-order valence-corrected chi connectivity index (χ4v) is 6.67. The van der Waals surface area contributed by atoms with Gasteiger partial charge in [-0.1, -0.05) is 51.1 Å². The first-order valence-electron chi connectivity index (χ1n) is 12.5. The highest BCUT2D eigenvalue weighted by Crippen LogP contribution is 2.69. The number of carbonyl (C=O) groups is 1. The SMILES string of the molecule is CC(C)NCCC1CC2(C1)CC1(CCN(CC(C)C(=O)OCc3ccccc3)CC1)C2. The lowest BCUT2D eigenvalue weighted by Crippen LogP contribution is -2.57. The first-order chi connectivity index (χ1) is 14.9. The van der Waals surface area contributed by atoms with E-state index in [-0.39, 0.29) is 11.9 Å². The van der Waals surface area contributed by atoms with E-state index in [9.17, 15) is 4.79 Å². The van der Waals surface area contributed by atoms with Crippen molar-refractivity contribution in [2.45, 2.75) is 78.4 Å². The zero-order valence-corrected chi connectivity index (χ0v) is 19.9. The van der Waals surface area contributed by atoms with E-state index in [1.54, 1.807) is 0 Å². The van der Waals surface area contributed by atoms with Gasteiger partial charge in [0.15, 0.2) is 0 Å². The van der Waals surface area contributed by atoms with Gasteiger partial charge in [0.2, 0.25) is 0 Å². The van der Waals surface area contributed by atoms with Crippen LogP contribution in [0.4, 0.5) is 0 Å². The summed E-state index contributed by atoms with van der Waals surface area (Å²) in [6.07, 6.45) is 9.89. The van der Waals surface area contributed by atoms with Gasteiger partial charge in [0.1, 0.15) is 6.61 Å². The summed E-state index contributed by atoms with van der Waals surface area (Å²) < 4.78 is 5.54. The summed E-state index contributed by atoms with van der Waals surface area (Å²) in [7, 11) is 0. The van der Waals surface area contributed by atoms with Crippen molar-refractivity contribution in [3.63, 3.8) is 0 Å². The Morgan fingerprint density at radius 2 is 1.77 bits per heavy atom. The molecule has 1 atom stereocenters. The number of nitrogens with zero attached hydrogens (tertiary/aromatic N) is 1. The maximum Gasteiger partial charge on any atom is 0.310 e. The molecule has 4 rings (SSSR count). The van der Waals surface area contributed by atoms with Crippen LogP contribution in [0.3, 0.4) is 0 Å². The van der Waals surface area contributed by atoms with Crippen LogP contribution in [0.15, 0.2) is 30.3 Å². The molecule has 4 heteroatoms. The molecule has 0 aromatic heterocycles. The van der Waals surface area contributed by atoms with E-state index in [4.69, 9.17) is 4.74 Å². The number of rotatable bonds is 9. The second kappa shape index (κ2) is 9.62. The zero-order valence-electron chi connectivity index (χ0n) is 19.9. The van der Waals surface area contributed by atoms with Crippen LogP contribution in [0.1, 0.15) is 71.3 Å². The van der Waals surface area contributed by atoms with Gasteiger partial charge in [-0.3, -0.25) is 4.79 Å². The van der Waals surface area contributed by atoms with E-state index >= 15 is 0 Å². The minimum absolute atomic E-state index is 0.0580. The van der Waals surface area contributed by atoms with Crippen LogP contribution in [0.25, 0.3) is 0 Å². The Morgan fingerprint density at radius 3 is 2.42 bits per heavy atom. The number of benzene rings is 1. The number of esters is 1. The summed E-state index contributed by atoms with van der Waals surface area (Å²) in [5.41, 5.74) is 2.38. The van der Waals surface area contributed by atoms with Gasteiger partial charge in [-0.15, -0.1) is 0 Å². The van der Waals surface area contributed by atoms with Gasteiger partial charge in [-0.2, -0.15) is 0 Å². The van der Waals surface area contributed by atoms with Crippen molar-refractivity contribution in [1.29, 1.82) is 0 Å². The largest absolute Gasteiger partial charge is 0.461 e. The highest BCUT2D eigenvalue weighted by atomic mass is 16.5. The van der Waals surface area contributed by atoms with E-state index in [2.05, 4.69) is 24.1 Å². The molecule has 2 aliphatic carbocycles. The number of hydrogen-bond acceptors (Lipinski definition) is 4. The molecule has 3 aliphatic rings. The molecule has 1 aliphatic heterocycles. The molecular weight excluding hydrogens is 384 g/mol. The summed E-state index contributed by atoms with van der Waals surface area (Å²) in [5, 5.41) is 3.57. The number of ether oxygens (including phenoxy) is 1. The Bertz CT molecular complexity index is 708. The van der Waals surface area contributed by atoms with E-state index < -0.39 is 0 Å². The monoisotopic (exact) mass is 426 g/mol. The summed E-state index contributed by atoms with van der Waals surface area (Å²) in [6.45, 7) is 11.2. The second-order valence-electron chi connectivity index (χ2n) is 11.3. The topological polar surface area (TPSA) is 41.6 Å². The average Bonchev–Trinajstić information content (AvgIpc) is 2.71. The van der Waals surface area contributed by atoms with Crippen LogP contribution < -0.4 is 5.32 Å². The third-order valence-corrected chi connectivity index (χ3v) is 8.12. The maximum atomic E-state index is 12.4. The molecule has 0 amide bonds. The fraction of sp³-hybridized carbons (Fsp3) is 0.741. The average molecular weight is 427 g/mol. The number of hydrogen-bond donors (Lipinski definition) is 1. The number of carbonyl (C=O) groups excluding carboxylic acids is 1. The molecule has 1 aromatic carbocycles. The predicted molar refractivity (Wildman–Crippen MR) is 126 cm³/mol. The van der Waals surface area contributed by atoms with E-state index in [1.165, 1.54) is 51.5 Å². The summed E-state index contributed by atoms with van der Waals surface area (Å²) in [4.78, 5) is 14.9. The van der Waals surface area contributed by atoms with Crippen LogP contribution in [-0.4, -0.2) is 43.1 Å². The van der Waals surface area contributed by atoms with Gasteiger partial charge >= 0.3 is 5.97 Å². The van der Waals surface area contributed by atoms with Crippen molar-refractivity contribution in [2.75, 3.05) is 26.2 Å². The van der Waals surface area contributed by atoms with Gasteiger partial charge < -0.3 is 15.0 Å². The second-order valence-corrected chi connectivity index (χ2v) is 11.3. The minimum Gasteiger partial charge on any atom is -0.461 e. The molecule has 4 nitrogen and oxygen atoms in total. The molecular formula is C27H42N2O2. The summed E-state index contributed by atoms with van der Waals surface area (Å²) in [6, 6.07) is 10.6. The number of nitrogens with one attached hydrogen (secondary N) is 1. The smallest absolute Gasteiger partial charge is 0.310 e. The lowest BCUT2D eigenvalue weighted by Gasteiger charge is -2.66. The van der Waals surface area contributed by atoms with Crippen LogP contribution in [0.2, 0.25) is 0 Å². The van der Waals surface area contributed by atoms with Gasteiger partial charge in [0.05, 0.1) is 5.92 Å². The summed E-state index contributed by atoms with van der Waals surface area (Å²) >= 11 is 0. The van der Waals surface area contributed by atoms with Crippen molar-refractivity contribution in [1.82, 2.24) is 10.2 Å². The van der Waals surface area contributed by atoms with Crippen LogP contribution in [0, 0.1) is 22.7 Å². The van der Waals surface area contributed by atoms with Crippen LogP contribution in [0.5, 0.6) is 0 Å². The van der Waals surface area contributed by atoms with Crippen molar-refractivity contribution in [3.05, 3.63) is 35.9 Å². The number of piperidine rings is 1. The Kier molecular flexibility index (Phi) is 7.07. The molecule has 1 aromatic rings. The highest BCUT2D eigenvalue weighted by molar-refractivity contribution is 5.72. The standard InChI is InChI=1S/C27H42N2O2/c1-21(2)28-12-9-24-15-27(16-24)19-26(20-27)10-13-29(14-11-26)17-22(3)25(30)31-18-23-7-5-4-6-8-23/h4-8,21-22,24,28H,9-20H2,1-3H3. The fourth-order valence-electron chi connectivity index (χ4n) is 6.67. The molecule has 172 valence electrons. The summed E-state index contributed by atoms with van der Waals surface area (Å²) in [5.74, 6) is 0.836. The molecule has 0 radical (unpaired) electrons. The minimum atomic E-state index is -0.0702. The van der Waals surface area contributed by atoms with Gasteiger partial charge in [-0.25, -0.2) is 0 Å². The van der Waals surface area contributed by atoms with Gasteiger partial charge in [0, 0.05) is 12.6 Å². The molecule has 1 heterocycles. The highest BCUT2D eigenvalue weighted by Gasteiger charge is 2.59. The van der Waals surface area contributed by atoms with Crippen molar-refractivity contribution in [3.8, 4) is 0 Å². The van der Waals surface area contributed by atoms with Crippen molar-refractivity contribution < 1.29 is 9.53 Å². The van der Waals surface area contributed by atoms with Crippen LogP contribution in [-0.2, 0) is 16.1 Å². The first-order valence-corrected chi connectivity index (χ1v) is 12.5. The normalized spacial score (nSPS) is 23.5. The van der Waals surface area contributed by atoms with E-state index in [1.807, 2.05) is 37.3 Å². The molecule has 31 heavy (non-hydrogen) atoms. The molecule has 1 N–H and O–H groups in total. The molecule has 1 saturated heterocycles. The molecule has 1 unspecified atom stereocenters. The van der Waals surface area contributed by atoms with Crippen molar-refractivity contribution >= 4 is 5.97 Å². The third-order valence-electron chi connectivity index (χ3n) is 8.12. The van der Waals surface area contributed by atoms with E-state index in [0.717, 1.165) is 31.1 Å². The molecule has 0 bridgehead atoms. The number of likely N-dealkylation sites (tertiary alicyclic amines) is 1. The zero-order chi connectivity index (χ0) is 21.9. The predicted octanol–water partition coefficient (Wildman–Crippen LogP) is 5.03. The quantitative estimate of drug-likeness (QED) is 0.563. The first kappa shape index (κ1) is 22.8. The molecule has 2 spiro atoms. The Labute approximate surface area is 189 Å². The van der Waals surface area contributed by atoms with Gasteiger partial charge in [0.25, 0.3) is 0 Å². The molecule has 3 fully saturated rings. The Morgan fingerprint density at radius 1 is 1.10 bits per heavy atom. The Balaban J connectivity index is 1.11.